The molecule has 1 amide bonds. The average molecular weight is 207 g/mol. The van der Waals surface area contributed by atoms with Gasteiger partial charge < -0.3 is 9.64 Å². The molecule has 80 valence electrons. The minimum absolute atomic E-state index is 0.0375. The van der Waals surface area contributed by atoms with E-state index in [1.54, 1.807) is 0 Å². The van der Waals surface area contributed by atoms with E-state index in [0.717, 1.165) is 4.90 Å². The number of halogens is 2. The van der Waals surface area contributed by atoms with E-state index in [4.69, 9.17) is 0 Å². The molecule has 0 N–H and O–H groups in total. The third-order valence-electron chi connectivity index (χ3n) is 2.22. The van der Waals surface area contributed by atoms with E-state index in [1.807, 2.05) is 0 Å². The molecule has 0 saturated carbocycles. The first-order valence-corrected chi connectivity index (χ1v) is 4.21. The van der Waals surface area contributed by atoms with Gasteiger partial charge in [-0.25, -0.2) is 0 Å². The van der Waals surface area contributed by atoms with Gasteiger partial charge in [-0.1, -0.05) is 0 Å². The number of ether oxygens (including phenoxy) is 1. The summed E-state index contributed by atoms with van der Waals surface area (Å²) in [7, 11) is 1.24. The number of carbonyl (C=O) groups excluding carboxylic acids is 2. The molecular weight excluding hydrogens is 196 g/mol. The number of nitrogens with zero attached hydrogens (tertiary/aromatic N) is 1. The fourth-order valence-electron chi connectivity index (χ4n) is 1.46. The second-order valence-corrected chi connectivity index (χ2v) is 3.09. The van der Waals surface area contributed by atoms with Crippen LogP contribution >= 0.6 is 0 Å². The summed E-state index contributed by atoms with van der Waals surface area (Å²) in [5.41, 5.74) is 0. The van der Waals surface area contributed by atoms with E-state index >= 15 is 0 Å². The second kappa shape index (κ2) is 4.34. The molecule has 1 heterocycles. The van der Waals surface area contributed by atoms with E-state index < -0.39 is 24.2 Å². The van der Waals surface area contributed by atoms with Gasteiger partial charge in [0.2, 0.25) is 0 Å². The first kappa shape index (κ1) is 10.9. The zero-order chi connectivity index (χ0) is 10.7. The Morgan fingerprint density at radius 3 is 2.64 bits per heavy atom. The van der Waals surface area contributed by atoms with Crippen molar-refractivity contribution < 1.29 is 23.1 Å². The number of methoxy groups -OCH3 is 1. The van der Waals surface area contributed by atoms with Crippen LogP contribution in [0, 0.1) is 5.92 Å². The first-order chi connectivity index (χ1) is 6.56. The van der Waals surface area contributed by atoms with Crippen molar-refractivity contribution in [2.75, 3.05) is 20.2 Å². The van der Waals surface area contributed by atoms with Gasteiger partial charge in [0.15, 0.2) is 0 Å². The highest BCUT2D eigenvalue weighted by Gasteiger charge is 2.34. The Labute approximate surface area is 79.8 Å². The zero-order valence-electron chi connectivity index (χ0n) is 7.70. The summed E-state index contributed by atoms with van der Waals surface area (Å²) in [6, 6.07) is 0. The number of hydrogen-bond donors (Lipinski definition) is 0. The minimum Gasteiger partial charge on any atom is -0.469 e. The lowest BCUT2D eigenvalue weighted by Gasteiger charge is -2.14. The summed E-state index contributed by atoms with van der Waals surface area (Å²) < 4.78 is 28.4. The second-order valence-electron chi connectivity index (χ2n) is 3.09. The lowest BCUT2D eigenvalue weighted by atomic mass is 10.1. The van der Waals surface area contributed by atoms with Crippen LogP contribution in [0.3, 0.4) is 0 Å². The number of likely N-dealkylation sites (tertiary alicyclic amines) is 1. The number of alkyl halides is 2. The maximum absolute atomic E-state index is 12.0. The molecule has 1 unspecified atom stereocenters. The van der Waals surface area contributed by atoms with Gasteiger partial charge in [0.25, 0.3) is 5.91 Å². The van der Waals surface area contributed by atoms with E-state index in [2.05, 4.69) is 4.74 Å². The molecule has 0 aromatic heterocycles. The van der Waals surface area contributed by atoms with Crippen LogP contribution in [0.2, 0.25) is 0 Å². The SMILES string of the molecule is COC(=O)C1CCN(C(=O)C(F)F)C1. The lowest BCUT2D eigenvalue weighted by molar-refractivity contribution is -0.146. The molecule has 0 aromatic rings. The third-order valence-corrected chi connectivity index (χ3v) is 2.22. The Morgan fingerprint density at radius 2 is 2.14 bits per heavy atom. The van der Waals surface area contributed by atoms with E-state index in [-0.39, 0.29) is 13.1 Å². The van der Waals surface area contributed by atoms with Crippen LogP contribution in [0.4, 0.5) is 8.78 Å². The number of rotatable bonds is 2. The van der Waals surface area contributed by atoms with Gasteiger partial charge in [-0.15, -0.1) is 0 Å². The van der Waals surface area contributed by atoms with Gasteiger partial charge in [0.1, 0.15) is 0 Å². The number of amides is 1. The molecule has 1 aliphatic heterocycles. The Bertz CT molecular complexity index is 245. The van der Waals surface area contributed by atoms with Gasteiger partial charge >= 0.3 is 12.4 Å². The van der Waals surface area contributed by atoms with Crippen molar-refractivity contribution in [1.29, 1.82) is 0 Å². The normalized spacial score (nSPS) is 21.4. The summed E-state index contributed by atoms with van der Waals surface area (Å²) >= 11 is 0. The minimum atomic E-state index is -2.99. The first-order valence-electron chi connectivity index (χ1n) is 4.21. The average Bonchev–Trinajstić information content (AvgIpc) is 2.64. The topological polar surface area (TPSA) is 46.6 Å². The van der Waals surface area contributed by atoms with Crippen LogP contribution < -0.4 is 0 Å². The van der Waals surface area contributed by atoms with Crippen LogP contribution in [-0.2, 0) is 14.3 Å². The van der Waals surface area contributed by atoms with Crippen LogP contribution in [0.5, 0.6) is 0 Å². The standard InChI is InChI=1S/C8H11F2NO3/c1-14-8(13)5-2-3-11(4-5)7(12)6(9)10/h5-6H,2-4H2,1H3. The highest BCUT2D eigenvalue weighted by Crippen LogP contribution is 2.18. The maximum atomic E-state index is 12.0. The Morgan fingerprint density at radius 1 is 1.50 bits per heavy atom. The highest BCUT2D eigenvalue weighted by molar-refractivity contribution is 5.81. The smallest absolute Gasteiger partial charge is 0.315 e. The van der Waals surface area contributed by atoms with Crippen molar-refractivity contribution in [2.45, 2.75) is 12.8 Å². The van der Waals surface area contributed by atoms with Crippen LogP contribution in [0.1, 0.15) is 6.42 Å². The molecule has 0 aliphatic carbocycles. The largest absolute Gasteiger partial charge is 0.469 e. The molecule has 14 heavy (non-hydrogen) atoms. The fraction of sp³-hybridized carbons (Fsp3) is 0.750. The van der Waals surface area contributed by atoms with E-state index in [1.165, 1.54) is 7.11 Å². The predicted octanol–water partition coefficient (Wildman–Crippen LogP) is 0.273. The zero-order valence-corrected chi connectivity index (χ0v) is 7.70. The lowest BCUT2D eigenvalue weighted by Crippen LogP contribution is -2.34. The Hall–Kier alpha value is -1.20. The van der Waals surface area contributed by atoms with Crippen molar-refractivity contribution >= 4 is 11.9 Å². The van der Waals surface area contributed by atoms with Crippen LogP contribution in [0.15, 0.2) is 0 Å². The molecule has 1 aliphatic rings. The summed E-state index contributed by atoms with van der Waals surface area (Å²) in [6.45, 7) is 0.235. The number of esters is 1. The molecule has 4 nitrogen and oxygen atoms in total. The summed E-state index contributed by atoms with van der Waals surface area (Å²) in [4.78, 5) is 22.8. The van der Waals surface area contributed by atoms with Crippen molar-refractivity contribution in [1.82, 2.24) is 4.90 Å². The van der Waals surface area contributed by atoms with Gasteiger partial charge in [-0.3, -0.25) is 9.59 Å². The molecule has 0 bridgehead atoms. The van der Waals surface area contributed by atoms with Crippen molar-refractivity contribution in [3.05, 3.63) is 0 Å². The molecule has 1 saturated heterocycles. The summed E-state index contributed by atoms with van der Waals surface area (Å²) in [5.74, 6) is -2.12. The van der Waals surface area contributed by atoms with Crippen molar-refractivity contribution in [3.8, 4) is 0 Å². The monoisotopic (exact) mass is 207 g/mol. The molecule has 1 rings (SSSR count). The molecule has 0 spiro atoms. The summed E-state index contributed by atoms with van der Waals surface area (Å²) in [6.07, 6.45) is -2.60. The maximum Gasteiger partial charge on any atom is 0.315 e. The van der Waals surface area contributed by atoms with Crippen molar-refractivity contribution in [3.63, 3.8) is 0 Å². The number of carbonyl (C=O) groups is 2. The van der Waals surface area contributed by atoms with Gasteiger partial charge in [0, 0.05) is 13.1 Å². The van der Waals surface area contributed by atoms with Crippen molar-refractivity contribution in [2.24, 2.45) is 5.92 Å². The predicted molar refractivity (Wildman–Crippen MR) is 42.7 cm³/mol. The van der Waals surface area contributed by atoms with E-state index in [0.29, 0.717) is 6.42 Å². The quantitative estimate of drug-likeness (QED) is 0.611. The fourth-order valence-corrected chi connectivity index (χ4v) is 1.46. The molecule has 1 fully saturated rings. The van der Waals surface area contributed by atoms with Crippen LogP contribution in [0.25, 0.3) is 0 Å². The molecule has 6 heteroatoms. The molecular formula is C8H11F2NO3. The highest BCUT2D eigenvalue weighted by atomic mass is 19.3. The van der Waals surface area contributed by atoms with E-state index in [9.17, 15) is 18.4 Å². The Balaban J connectivity index is 2.49. The van der Waals surface area contributed by atoms with Gasteiger partial charge in [-0.05, 0) is 6.42 Å². The molecule has 0 aromatic carbocycles. The van der Waals surface area contributed by atoms with Gasteiger partial charge in [-0.2, -0.15) is 8.78 Å². The van der Waals surface area contributed by atoms with Gasteiger partial charge in [0.05, 0.1) is 13.0 Å². The number of hydrogen-bond acceptors (Lipinski definition) is 3. The molecule has 1 atom stereocenters. The Kier molecular flexibility index (Phi) is 3.38. The van der Waals surface area contributed by atoms with Crippen LogP contribution in [-0.4, -0.2) is 43.4 Å². The summed E-state index contributed by atoms with van der Waals surface area (Å²) in [5, 5.41) is 0. The molecule has 0 radical (unpaired) electrons. The third kappa shape index (κ3) is 2.18.